The molecule has 1 saturated carbocycles. The van der Waals surface area contributed by atoms with Crippen LogP contribution >= 0.6 is 0 Å². The Labute approximate surface area is 119 Å². The number of ether oxygens (including phenoxy) is 1. The third-order valence-corrected chi connectivity index (χ3v) is 4.28. The van der Waals surface area contributed by atoms with Gasteiger partial charge in [-0.3, -0.25) is 0 Å². The van der Waals surface area contributed by atoms with Crippen LogP contribution in [0.5, 0.6) is 0 Å². The molecule has 0 spiro atoms. The van der Waals surface area contributed by atoms with E-state index in [1.54, 1.807) is 4.90 Å². The van der Waals surface area contributed by atoms with Crippen molar-refractivity contribution in [3.05, 3.63) is 0 Å². The molecule has 1 amide bonds. The Balaban J connectivity index is 1.99. The number of oxime groups is 1. The number of piperidine rings is 1. The largest absolute Gasteiger partial charge is 0.444 e. The summed E-state index contributed by atoms with van der Waals surface area (Å²) in [6, 6.07) is 0. The van der Waals surface area contributed by atoms with Crippen molar-refractivity contribution in [2.24, 2.45) is 22.2 Å². The zero-order valence-corrected chi connectivity index (χ0v) is 12.6. The maximum Gasteiger partial charge on any atom is 0.410 e. The van der Waals surface area contributed by atoms with Crippen LogP contribution in [0.1, 0.15) is 46.5 Å². The molecule has 3 N–H and O–H groups in total. The van der Waals surface area contributed by atoms with Gasteiger partial charge < -0.3 is 20.6 Å². The highest BCUT2D eigenvalue weighted by atomic mass is 16.6. The first kappa shape index (κ1) is 14.9. The lowest BCUT2D eigenvalue weighted by atomic mass is 9.73. The Hall–Kier alpha value is -1.46. The van der Waals surface area contributed by atoms with Crippen molar-refractivity contribution in [3.63, 3.8) is 0 Å². The van der Waals surface area contributed by atoms with Crippen LogP contribution in [0.2, 0.25) is 0 Å². The number of hydrogen-bond donors (Lipinski definition) is 2. The van der Waals surface area contributed by atoms with Crippen molar-refractivity contribution < 1.29 is 14.7 Å². The Morgan fingerprint density at radius 1 is 1.35 bits per heavy atom. The van der Waals surface area contributed by atoms with Crippen molar-refractivity contribution in [3.8, 4) is 0 Å². The number of nitrogens with zero attached hydrogens (tertiary/aromatic N) is 2. The molecule has 0 atom stereocenters. The smallest absolute Gasteiger partial charge is 0.410 e. The first-order valence-electron chi connectivity index (χ1n) is 7.24. The maximum atomic E-state index is 12.0. The lowest BCUT2D eigenvalue weighted by Gasteiger charge is -2.41. The average molecular weight is 283 g/mol. The van der Waals surface area contributed by atoms with E-state index < -0.39 is 5.60 Å². The van der Waals surface area contributed by atoms with Crippen molar-refractivity contribution in [2.45, 2.75) is 52.1 Å². The van der Waals surface area contributed by atoms with Gasteiger partial charge in [-0.25, -0.2) is 4.79 Å². The van der Waals surface area contributed by atoms with Crippen LogP contribution in [-0.2, 0) is 4.74 Å². The highest BCUT2D eigenvalue weighted by molar-refractivity contribution is 5.87. The standard InChI is InChI=1S/C14H25N3O3/c1-13(2,3)20-12(18)17-8-6-14(7-9-17,10-4-5-10)11(15)16-19/h10,19H,4-9H2,1-3H3,(H2,15,16). The van der Waals surface area contributed by atoms with Crippen molar-refractivity contribution >= 4 is 11.9 Å². The monoisotopic (exact) mass is 283 g/mol. The molecule has 0 bridgehead atoms. The summed E-state index contributed by atoms with van der Waals surface area (Å²) >= 11 is 0. The molecule has 6 nitrogen and oxygen atoms in total. The number of carbonyl (C=O) groups is 1. The molecule has 0 aromatic carbocycles. The highest BCUT2D eigenvalue weighted by Crippen LogP contribution is 2.51. The van der Waals surface area contributed by atoms with Crippen LogP contribution in [0.25, 0.3) is 0 Å². The zero-order valence-electron chi connectivity index (χ0n) is 12.6. The quantitative estimate of drug-likeness (QED) is 0.352. The number of carbonyl (C=O) groups excluding carboxylic acids is 1. The molecule has 0 radical (unpaired) electrons. The second-order valence-electron chi connectivity index (χ2n) is 6.88. The van der Waals surface area contributed by atoms with Crippen LogP contribution in [0.15, 0.2) is 5.16 Å². The van der Waals surface area contributed by atoms with Crippen molar-refractivity contribution in [2.75, 3.05) is 13.1 Å². The van der Waals surface area contributed by atoms with Gasteiger partial charge in [0.15, 0.2) is 0 Å². The van der Waals surface area contributed by atoms with Gasteiger partial charge in [-0.05, 0) is 52.4 Å². The van der Waals surface area contributed by atoms with E-state index in [9.17, 15) is 4.79 Å². The predicted molar refractivity (Wildman–Crippen MR) is 75.6 cm³/mol. The van der Waals surface area contributed by atoms with E-state index in [2.05, 4.69) is 5.16 Å². The van der Waals surface area contributed by atoms with Gasteiger partial charge in [0.25, 0.3) is 0 Å². The Morgan fingerprint density at radius 3 is 2.30 bits per heavy atom. The summed E-state index contributed by atoms with van der Waals surface area (Å²) in [5.41, 5.74) is 5.20. The summed E-state index contributed by atoms with van der Waals surface area (Å²) in [5, 5.41) is 12.2. The van der Waals surface area contributed by atoms with Gasteiger partial charge in [0.05, 0.1) is 0 Å². The molecule has 1 aliphatic heterocycles. The molecule has 0 aromatic heterocycles. The van der Waals surface area contributed by atoms with E-state index in [-0.39, 0.29) is 11.5 Å². The molecular weight excluding hydrogens is 258 g/mol. The number of likely N-dealkylation sites (tertiary alicyclic amines) is 1. The number of amidine groups is 1. The van der Waals surface area contributed by atoms with E-state index in [1.165, 1.54) is 0 Å². The number of nitrogens with two attached hydrogens (primary N) is 1. The summed E-state index contributed by atoms with van der Waals surface area (Å²) in [7, 11) is 0. The molecule has 0 unspecified atom stereocenters. The predicted octanol–water partition coefficient (Wildman–Crippen LogP) is 2.16. The molecule has 2 rings (SSSR count). The molecule has 2 aliphatic rings. The minimum Gasteiger partial charge on any atom is -0.444 e. The van der Waals surface area contributed by atoms with E-state index in [4.69, 9.17) is 15.7 Å². The van der Waals surface area contributed by atoms with E-state index in [0.29, 0.717) is 24.8 Å². The first-order valence-corrected chi connectivity index (χ1v) is 7.24. The van der Waals surface area contributed by atoms with E-state index in [1.807, 2.05) is 20.8 Å². The Kier molecular flexibility index (Phi) is 3.84. The van der Waals surface area contributed by atoms with Crippen LogP contribution in [-0.4, -0.2) is 40.7 Å². The second kappa shape index (κ2) is 5.14. The van der Waals surface area contributed by atoms with Gasteiger partial charge in [0.2, 0.25) is 0 Å². The van der Waals surface area contributed by atoms with Crippen LogP contribution in [0, 0.1) is 11.3 Å². The summed E-state index contributed by atoms with van der Waals surface area (Å²) in [4.78, 5) is 13.8. The van der Waals surface area contributed by atoms with E-state index in [0.717, 1.165) is 25.7 Å². The van der Waals surface area contributed by atoms with Crippen LogP contribution in [0.3, 0.4) is 0 Å². The lowest BCUT2D eigenvalue weighted by molar-refractivity contribution is 0.0139. The van der Waals surface area contributed by atoms with Gasteiger partial charge in [-0.1, -0.05) is 5.16 Å². The first-order chi connectivity index (χ1) is 9.28. The number of rotatable bonds is 2. The molecule has 2 fully saturated rings. The highest BCUT2D eigenvalue weighted by Gasteiger charge is 2.50. The van der Waals surface area contributed by atoms with Gasteiger partial charge in [-0.2, -0.15) is 0 Å². The Bertz CT molecular complexity index is 402. The molecule has 1 aliphatic carbocycles. The van der Waals surface area contributed by atoms with Gasteiger partial charge >= 0.3 is 6.09 Å². The maximum absolute atomic E-state index is 12.0. The average Bonchev–Trinajstić information content (AvgIpc) is 3.20. The van der Waals surface area contributed by atoms with Crippen molar-refractivity contribution in [1.82, 2.24) is 4.90 Å². The fourth-order valence-electron chi connectivity index (χ4n) is 3.02. The van der Waals surface area contributed by atoms with E-state index >= 15 is 0 Å². The summed E-state index contributed by atoms with van der Waals surface area (Å²) in [6.45, 7) is 6.78. The van der Waals surface area contributed by atoms with Crippen LogP contribution in [0.4, 0.5) is 4.79 Å². The zero-order chi connectivity index (χ0) is 15.0. The summed E-state index contributed by atoms with van der Waals surface area (Å²) in [6.07, 6.45) is 3.46. The molecule has 0 aromatic rings. The Morgan fingerprint density at radius 2 is 1.90 bits per heavy atom. The minimum atomic E-state index is -0.478. The minimum absolute atomic E-state index is 0.229. The third kappa shape index (κ3) is 2.99. The normalized spacial score (nSPS) is 23.6. The molecule has 1 saturated heterocycles. The molecule has 6 heteroatoms. The van der Waals surface area contributed by atoms with Crippen LogP contribution < -0.4 is 5.73 Å². The van der Waals surface area contributed by atoms with Gasteiger partial charge in [-0.15, -0.1) is 0 Å². The molecule has 1 heterocycles. The van der Waals surface area contributed by atoms with Gasteiger partial charge in [0.1, 0.15) is 11.4 Å². The third-order valence-electron chi connectivity index (χ3n) is 4.28. The second-order valence-corrected chi connectivity index (χ2v) is 6.88. The summed E-state index contributed by atoms with van der Waals surface area (Å²) in [5.74, 6) is 0.822. The van der Waals surface area contributed by atoms with Crippen molar-refractivity contribution in [1.29, 1.82) is 0 Å². The lowest BCUT2D eigenvalue weighted by Crippen LogP contribution is -2.50. The number of amides is 1. The van der Waals surface area contributed by atoms with Gasteiger partial charge in [0, 0.05) is 18.5 Å². The summed E-state index contributed by atoms with van der Waals surface area (Å²) < 4.78 is 5.38. The fraction of sp³-hybridized carbons (Fsp3) is 0.857. The topological polar surface area (TPSA) is 88.2 Å². The number of hydrogen-bond acceptors (Lipinski definition) is 4. The molecule has 114 valence electrons. The fourth-order valence-corrected chi connectivity index (χ4v) is 3.02. The SMILES string of the molecule is CC(C)(C)OC(=O)N1CCC(/C(N)=N/O)(C2CC2)CC1. The molecule has 20 heavy (non-hydrogen) atoms. The molecular formula is C14H25N3O3.